The molecule has 0 spiro atoms. The Hall–Kier alpha value is -1.40. The highest BCUT2D eigenvalue weighted by Crippen LogP contribution is 2.51. The summed E-state index contributed by atoms with van der Waals surface area (Å²) in [5, 5.41) is 10.2. The number of ether oxygens (including phenoxy) is 1. The Labute approximate surface area is 151 Å². The van der Waals surface area contributed by atoms with Crippen LogP contribution < -0.4 is 4.74 Å². The van der Waals surface area contributed by atoms with E-state index in [1.54, 1.807) is 31.2 Å². The van der Waals surface area contributed by atoms with Gasteiger partial charge in [-0.1, -0.05) is 11.6 Å². The Morgan fingerprint density at radius 2 is 1.79 bits per heavy atom. The van der Waals surface area contributed by atoms with Gasteiger partial charge in [0, 0.05) is 9.77 Å². The van der Waals surface area contributed by atoms with Crippen molar-refractivity contribution >= 4 is 35.2 Å². The molecule has 1 heterocycles. The molecule has 0 saturated carbocycles. The van der Waals surface area contributed by atoms with E-state index >= 15 is 0 Å². The predicted molar refractivity (Wildman–Crippen MR) is 95.6 cm³/mol. The van der Waals surface area contributed by atoms with Gasteiger partial charge in [-0.3, -0.25) is 4.79 Å². The predicted octanol–water partition coefficient (Wildman–Crippen LogP) is 3.65. The molecule has 24 heavy (non-hydrogen) atoms. The maximum atomic E-state index is 12.9. The van der Waals surface area contributed by atoms with Crippen molar-refractivity contribution in [2.75, 3.05) is 0 Å². The lowest BCUT2D eigenvalue weighted by Crippen LogP contribution is -2.56. The van der Waals surface area contributed by atoms with Crippen molar-refractivity contribution in [1.82, 2.24) is 4.90 Å². The summed E-state index contributed by atoms with van der Waals surface area (Å²) in [4.78, 5) is 25.5. The maximum absolute atomic E-state index is 12.9. The average Bonchev–Trinajstić information content (AvgIpc) is 2.64. The second-order valence-corrected chi connectivity index (χ2v) is 9.51. The Morgan fingerprint density at radius 3 is 2.29 bits per heavy atom. The third-order valence-corrected chi connectivity index (χ3v) is 5.65. The van der Waals surface area contributed by atoms with Gasteiger partial charge in [0.15, 0.2) is 6.10 Å². The molecular formula is C17H22ClNO4S. The average molecular weight is 372 g/mol. The number of hydrogen-bond donors (Lipinski definition) is 1. The fourth-order valence-corrected chi connectivity index (χ4v) is 5.16. The van der Waals surface area contributed by atoms with Gasteiger partial charge < -0.3 is 14.7 Å². The Morgan fingerprint density at radius 1 is 1.25 bits per heavy atom. The second kappa shape index (κ2) is 6.48. The minimum absolute atomic E-state index is 0.347. The number of thioether (sulfide) groups is 1. The first-order valence-corrected chi connectivity index (χ1v) is 8.83. The first-order chi connectivity index (χ1) is 11.0. The normalized spacial score (nSPS) is 22.9. The van der Waals surface area contributed by atoms with Crippen LogP contribution in [0.3, 0.4) is 0 Å². The Kier molecular flexibility index (Phi) is 5.11. The molecule has 1 aromatic carbocycles. The number of halogens is 1. The SMILES string of the molecule is CC(Oc1ccc(Cl)cc1)C(=O)N1C(C(=O)O)C(C)(C)SC1(C)C. The number of carboxylic acid groups (broad SMARTS) is 1. The number of carboxylic acids is 1. The molecule has 0 aliphatic carbocycles. The van der Waals surface area contributed by atoms with E-state index in [9.17, 15) is 14.7 Å². The van der Waals surface area contributed by atoms with Crippen LogP contribution in [0, 0.1) is 0 Å². The molecule has 1 aromatic rings. The smallest absolute Gasteiger partial charge is 0.327 e. The lowest BCUT2D eigenvalue weighted by molar-refractivity contribution is -0.155. The molecule has 2 rings (SSSR count). The van der Waals surface area contributed by atoms with E-state index in [2.05, 4.69) is 0 Å². The first-order valence-electron chi connectivity index (χ1n) is 7.64. The Bertz CT molecular complexity index is 644. The molecule has 0 bridgehead atoms. The highest BCUT2D eigenvalue weighted by atomic mass is 35.5. The van der Waals surface area contributed by atoms with Crippen LogP contribution in [0.25, 0.3) is 0 Å². The molecule has 132 valence electrons. The summed E-state index contributed by atoms with van der Waals surface area (Å²) in [6.07, 6.45) is -0.804. The van der Waals surface area contributed by atoms with Crippen LogP contribution in [0.2, 0.25) is 5.02 Å². The lowest BCUT2D eigenvalue weighted by Gasteiger charge is -2.35. The summed E-state index contributed by atoms with van der Waals surface area (Å²) in [5.41, 5.74) is 0. The van der Waals surface area contributed by atoms with Crippen molar-refractivity contribution in [2.45, 2.75) is 56.4 Å². The van der Waals surface area contributed by atoms with Crippen LogP contribution >= 0.6 is 23.4 Å². The van der Waals surface area contributed by atoms with E-state index < -0.39 is 27.7 Å². The summed E-state index contributed by atoms with van der Waals surface area (Å²) in [6.45, 7) is 9.03. The summed E-state index contributed by atoms with van der Waals surface area (Å²) >= 11 is 7.31. The van der Waals surface area contributed by atoms with Crippen molar-refractivity contribution in [3.63, 3.8) is 0 Å². The molecule has 1 aliphatic rings. The van der Waals surface area contributed by atoms with Crippen molar-refractivity contribution in [3.8, 4) is 5.75 Å². The van der Waals surface area contributed by atoms with E-state index in [-0.39, 0.29) is 5.91 Å². The zero-order valence-electron chi connectivity index (χ0n) is 14.4. The van der Waals surface area contributed by atoms with E-state index in [4.69, 9.17) is 16.3 Å². The minimum Gasteiger partial charge on any atom is -0.481 e. The van der Waals surface area contributed by atoms with Gasteiger partial charge in [0.1, 0.15) is 11.8 Å². The quantitative estimate of drug-likeness (QED) is 0.875. The fraction of sp³-hybridized carbons (Fsp3) is 0.529. The molecule has 1 N–H and O–H groups in total. The third-order valence-electron chi connectivity index (χ3n) is 3.96. The molecule has 1 fully saturated rings. The van der Waals surface area contributed by atoms with Crippen molar-refractivity contribution < 1.29 is 19.4 Å². The van der Waals surface area contributed by atoms with Crippen LogP contribution in [-0.4, -0.2) is 43.6 Å². The number of amides is 1. The summed E-state index contributed by atoms with van der Waals surface area (Å²) < 4.78 is 5.09. The van der Waals surface area contributed by atoms with Gasteiger partial charge in [-0.15, -0.1) is 11.8 Å². The molecular weight excluding hydrogens is 350 g/mol. The third kappa shape index (κ3) is 3.64. The largest absolute Gasteiger partial charge is 0.481 e. The first kappa shape index (κ1) is 18.9. The van der Waals surface area contributed by atoms with Crippen molar-refractivity contribution in [1.29, 1.82) is 0 Å². The zero-order valence-corrected chi connectivity index (χ0v) is 15.9. The van der Waals surface area contributed by atoms with Crippen LogP contribution in [0.1, 0.15) is 34.6 Å². The number of nitrogens with zero attached hydrogens (tertiary/aromatic N) is 1. The van der Waals surface area contributed by atoms with E-state index in [1.807, 2.05) is 27.7 Å². The van der Waals surface area contributed by atoms with Crippen molar-refractivity contribution in [2.24, 2.45) is 0 Å². The molecule has 2 unspecified atom stereocenters. The highest BCUT2D eigenvalue weighted by molar-refractivity contribution is 8.02. The Balaban J connectivity index is 2.25. The van der Waals surface area contributed by atoms with Crippen LogP contribution in [0.15, 0.2) is 24.3 Å². The maximum Gasteiger partial charge on any atom is 0.327 e. The van der Waals surface area contributed by atoms with E-state index in [0.29, 0.717) is 10.8 Å². The standard InChI is InChI=1S/C17H22ClNO4S/c1-10(23-12-8-6-11(18)7-9-12)14(20)19-13(15(21)22)16(2,3)24-17(19,4)5/h6-10,13H,1-5H3,(H,21,22). The van der Waals surface area contributed by atoms with Gasteiger partial charge in [0.05, 0.1) is 4.87 Å². The summed E-state index contributed by atoms with van der Waals surface area (Å²) in [7, 11) is 0. The van der Waals surface area contributed by atoms with Gasteiger partial charge in [0.2, 0.25) is 0 Å². The molecule has 0 radical (unpaired) electrons. The topological polar surface area (TPSA) is 66.8 Å². The highest BCUT2D eigenvalue weighted by Gasteiger charge is 2.57. The number of carbonyl (C=O) groups excluding carboxylic acids is 1. The lowest BCUT2D eigenvalue weighted by atomic mass is 10.00. The van der Waals surface area contributed by atoms with Gasteiger partial charge >= 0.3 is 5.97 Å². The number of hydrogen-bond acceptors (Lipinski definition) is 4. The number of benzene rings is 1. The zero-order chi connectivity index (χ0) is 18.3. The summed E-state index contributed by atoms with van der Waals surface area (Å²) in [5.74, 6) is -0.846. The van der Waals surface area contributed by atoms with Gasteiger partial charge in [-0.25, -0.2) is 4.79 Å². The van der Waals surface area contributed by atoms with Crippen LogP contribution in [-0.2, 0) is 9.59 Å². The molecule has 1 aliphatic heterocycles. The summed E-state index contributed by atoms with van der Waals surface area (Å²) in [6, 6.07) is 5.78. The molecule has 5 nitrogen and oxygen atoms in total. The molecule has 7 heteroatoms. The van der Waals surface area contributed by atoms with Crippen LogP contribution in [0.4, 0.5) is 0 Å². The fourth-order valence-electron chi connectivity index (χ4n) is 3.13. The molecule has 2 atom stereocenters. The van der Waals surface area contributed by atoms with Gasteiger partial charge in [-0.05, 0) is 58.9 Å². The van der Waals surface area contributed by atoms with E-state index in [1.165, 1.54) is 16.7 Å². The van der Waals surface area contributed by atoms with Gasteiger partial charge in [0.25, 0.3) is 5.91 Å². The number of aliphatic carboxylic acids is 1. The second-order valence-electron chi connectivity index (χ2n) is 6.82. The monoisotopic (exact) mass is 371 g/mol. The molecule has 1 saturated heterocycles. The molecule has 0 aromatic heterocycles. The van der Waals surface area contributed by atoms with Crippen molar-refractivity contribution in [3.05, 3.63) is 29.3 Å². The van der Waals surface area contributed by atoms with Crippen LogP contribution in [0.5, 0.6) is 5.75 Å². The van der Waals surface area contributed by atoms with E-state index in [0.717, 1.165) is 0 Å². The molecule has 1 amide bonds. The minimum atomic E-state index is -1.01. The number of carbonyl (C=O) groups is 2. The number of rotatable bonds is 4. The van der Waals surface area contributed by atoms with Gasteiger partial charge in [-0.2, -0.15) is 0 Å².